The molecular weight excluding hydrogens is 335 g/mol. The van der Waals surface area contributed by atoms with Gasteiger partial charge < -0.3 is 9.84 Å². The Bertz CT molecular complexity index is 476. The standard InChI is InChI=1S/C17H24BrFO2/c1-3-21-17(8-4-5-12(2)11-17)16(20)10-13-9-14(18)6-7-15(13)19/h6-7,9,12,16,20H,3-5,8,10-11H2,1-2H3. The summed E-state index contributed by atoms with van der Waals surface area (Å²) in [4.78, 5) is 0. The number of hydrogen-bond donors (Lipinski definition) is 1. The van der Waals surface area contributed by atoms with Crippen LogP contribution >= 0.6 is 15.9 Å². The van der Waals surface area contributed by atoms with Crippen molar-refractivity contribution >= 4 is 15.9 Å². The van der Waals surface area contributed by atoms with Crippen LogP contribution in [0.3, 0.4) is 0 Å². The molecule has 1 aliphatic carbocycles. The third-order valence-electron chi connectivity index (χ3n) is 4.45. The first-order chi connectivity index (χ1) is 9.97. The summed E-state index contributed by atoms with van der Waals surface area (Å²) in [6.07, 6.45) is 3.54. The van der Waals surface area contributed by atoms with Gasteiger partial charge in [-0.2, -0.15) is 0 Å². The minimum absolute atomic E-state index is 0.271. The molecule has 1 fully saturated rings. The molecule has 0 aliphatic heterocycles. The zero-order valence-electron chi connectivity index (χ0n) is 12.7. The topological polar surface area (TPSA) is 29.5 Å². The molecule has 1 aromatic rings. The second-order valence-electron chi connectivity index (χ2n) is 6.15. The van der Waals surface area contributed by atoms with Gasteiger partial charge in [0, 0.05) is 17.5 Å². The monoisotopic (exact) mass is 358 g/mol. The molecule has 0 saturated heterocycles. The van der Waals surface area contributed by atoms with E-state index < -0.39 is 11.7 Å². The molecule has 0 aromatic heterocycles. The molecule has 118 valence electrons. The van der Waals surface area contributed by atoms with Crippen LogP contribution in [0.4, 0.5) is 4.39 Å². The van der Waals surface area contributed by atoms with Gasteiger partial charge in [-0.25, -0.2) is 4.39 Å². The summed E-state index contributed by atoms with van der Waals surface area (Å²) in [6, 6.07) is 4.85. The van der Waals surface area contributed by atoms with Crippen molar-refractivity contribution in [1.82, 2.24) is 0 Å². The lowest BCUT2D eigenvalue weighted by Crippen LogP contribution is -2.49. The van der Waals surface area contributed by atoms with Crippen LogP contribution in [0.5, 0.6) is 0 Å². The van der Waals surface area contributed by atoms with Crippen molar-refractivity contribution in [2.75, 3.05) is 6.61 Å². The lowest BCUT2D eigenvalue weighted by Gasteiger charge is -2.43. The maximum Gasteiger partial charge on any atom is 0.126 e. The summed E-state index contributed by atoms with van der Waals surface area (Å²) in [6.45, 7) is 4.72. The summed E-state index contributed by atoms with van der Waals surface area (Å²) in [7, 11) is 0. The number of aliphatic hydroxyl groups excluding tert-OH is 1. The molecule has 1 N–H and O–H groups in total. The van der Waals surface area contributed by atoms with E-state index in [1.54, 1.807) is 12.1 Å². The molecule has 1 saturated carbocycles. The second-order valence-corrected chi connectivity index (χ2v) is 7.07. The normalized spacial score (nSPS) is 27.6. The predicted octanol–water partition coefficient (Wildman–Crippen LogP) is 4.48. The van der Waals surface area contributed by atoms with E-state index in [-0.39, 0.29) is 12.2 Å². The number of ether oxygens (including phenoxy) is 1. The highest BCUT2D eigenvalue weighted by Gasteiger charge is 2.42. The van der Waals surface area contributed by atoms with Crippen molar-refractivity contribution in [3.8, 4) is 0 Å². The molecule has 0 spiro atoms. The molecule has 4 heteroatoms. The maximum atomic E-state index is 13.9. The molecule has 21 heavy (non-hydrogen) atoms. The average Bonchev–Trinajstić information content (AvgIpc) is 2.43. The average molecular weight is 359 g/mol. The highest BCUT2D eigenvalue weighted by Crippen LogP contribution is 2.39. The quantitative estimate of drug-likeness (QED) is 0.840. The van der Waals surface area contributed by atoms with Crippen molar-refractivity contribution in [3.05, 3.63) is 34.1 Å². The zero-order chi connectivity index (χ0) is 15.5. The van der Waals surface area contributed by atoms with Crippen LogP contribution in [0.15, 0.2) is 22.7 Å². The van der Waals surface area contributed by atoms with E-state index in [2.05, 4.69) is 22.9 Å². The minimum atomic E-state index is -0.677. The van der Waals surface area contributed by atoms with Gasteiger partial charge in [0.1, 0.15) is 5.82 Å². The van der Waals surface area contributed by atoms with Crippen molar-refractivity contribution in [2.24, 2.45) is 5.92 Å². The Labute approximate surface area is 134 Å². The van der Waals surface area contributed by atoms with Crippen molar-refractivity contribution < 1.29 is 14.2 Å². The number of hydrogen-bond acceptors (Lipinski definition) is 2. The summed E-state index contributed by atoms with van der Waals surface area (Å²) in [5.74, 6) is 0.264. The van der Waals surface area contributed by atoms with Gasteiger partial charge in [-0.1, -0.05) is 35.7 Å². The number of benzene rings is 1. The molecule has 2 nitrogen and oxygen atoms in total. The number of rotatable bonds is 5. The molecule has 1 aliphatic rings. The number of halogens is 2. The van der Waals surface area contributed by atoms with Gasteiger partial charge in [0.2, 0.25) is 0 Å². The van der Waals surface area contributed by atoms with Gasteiger partial charge in [0.05, 0.1) is 11.7 Å². The summed E-state index contributed by atoms with van der Waals surface area (Å²) < 4.78 is 20.7. The van der Waals surface area contributed by atoms with Gasteiger partial charge in [0.25, 0.3) is 0 Å². The highest BCUT2D eigenvalue weighted by molar-refractivity contribution is 9.10. The fourth-order valence-electron chi connectivity index (χ4n) is 3.46. The second kappa shape index (κ2) is 7.21. The summed E-state index contributed by atoms with van der Waals surface area (Å²) in [5.41, 5.74) is 0.00966. The largest absolute Gasteiger partial charge is 0.390 e. The number of aliphatic hydroxyl groups is 1. The molecule has 3 atom stereocenters. The third kappa shape index (κ3) is 4.05. The molecule has 0 radical (unpaired) electrons. The third-order valence-corrected chi connectivity index (χ3v) is 4.94. The smallest absolute Gasteiger partial charge is 0.126 e. The Morgan fingerprint density at radius 3 is 2.95 bits per heavy atom. The van der Waals surface area contributed by atoms with Crippen LogP contribution in [0.2, 0.25) is 0 Å². The van der Waals surface area contributed by atoms with Crippen LogP contribution in [0, 0.1) is 11.7 Å². The molecule has 1 aromatic carbocycles. The molecular formula is C17H24BrFO2. The summed E-state index contributed by atoms with van der Waals surface area (Å²) in [5, 5.41) is 10.7. The van der Waals surface area contributed by atoms with Gasteiger partial charge in [0.15, 0.2) is 0 Å². The Morgan fingerprint density at radius 1 is 1.52 bits per heavy atom. The minimum Gasteiger partial charge on any atom is -0.390 e. The van der Waals surface area contributed by atoms with Crippen molar-refractivity contribution in [3.63, 3.8) is 0 Å². The molecule has 3 unspecified atom stereocenters. The van der Waals surface area contributed by atoms with E-state index in [0.29, 0.717) is 18.1 Å². The highest BCUT2D eigenvalue weighted by atomic mass is 79.9. The van der Waals surface area contributed by atoms with E-state index in [0.717, 1.165) is 23.7 Å². The molecule has 0 heterocycles. The lowest BCUT2D eigenvalue weighted by molar-refractivity contribution is -0.147. The molecule has 0 amide bonds. The van der Waals surface area contributed by atoms with E-state index in [1.807, 2.05) is 6.92 Å². The first-order valence-corrected chi connectivity index (χ1v) is 8.52. The molecule has 0 bridgehead atoms. The Balaban J connectivity index is 2.18. The predicted molar refractivity (Wildman–Crippen MR) is 85.8 cm³/mol. The van der Waals surface area contributed by atoms with Crippen LogP contribution in [0.25, 0.3) is 0 Å². The van der Waals surface area contributed by atoms with Gasteiger partial charge >= 0.3 is 0 Å². The van der Waals surface area contributed by atoms with Crippen molar-refractivity contribution in [1.29, 1.82) is 0 Å². The SMILES string of the molecule is CCOC1(C(O)Cc2cc(Br)ccc2F)CCCC(C)C1. The first kappa shape index (κ1) is 16.9. The first-order valence-electron chi connectivity index (χ1n) is 7.73. The van der Waals surface area contributed by atoms with Gasteiger partial charge in [-0.15, -0.1) is 0 Å². The van der Waals surface area contributed by atoms with Crippen LogP contribution in [-0.4, -0.2) is 23.4 Å². The Kier molecular flexibility index (Phi) is 5.81. The summed E-state index contributed by atoms with van der Waals surface area (Å²) >= 11 is 3.36. The van der Waals surface area contributed by atoms with Crippen LogP contribution in [0.1, 0.15) is 45.1 Å². The van der Waals surface area contributed by atoms with Crippen LogP contribution < -0.4 is 0 Å². The van der Waals surface area contributed by atoms with Gasteiger partial charge in [-0.3, -0.25) is 0 Å². The van der Waals surface area contributed by atoms with Crippen LogP contribution in [-0.2, 0) is 11.2 Å². The van der Waals surface area contributed by atoms with E-state index in [4.69, 9.17) is 4.74 Å². The van der Waals surface area contributed by atoms with E-state index in [1.165, 1.54) is 12.5 Å². The van der Waals surface area contributed by atoms with E-state index in [9.17, 15) is 9.50 Å². The maximum absolute atomic E-state index is 13.9. The van der Waals surface area contributed by atoms with E-state index >= 15 is 0 Å². The Hall–Kier alpha value is -0.450. The zero-order valence-corrected chi connectivity index (χ0v) is 14.3. The molecule has 2 rings (SSSR count). The fourth-order valence-corrected chi connectivity index (χ4v) is 3.86. The lowest BCUT2D eigenvalue weighted by atomic mass is 9.74. The van der Waals surface area contributed by atoms with Gasteiger partial charge in [-0.05, 0) is 49.4 Å². The fraction of sp³-hybridized carbons (Fsp3) is 0.647. The van der Waals surface area contributed by atoms with Crippen molar-refractivity contribution in [2.45, 2.75) is 57.7 Å². The Morgan fingerprint density at radius 2 is 2.29 bits per heavy atom.